The lowest BCUT2D eigenvalue weighted by Gasteiger charge is -2.18. The maximum absolute atomic E-state index is 12.2. The van der Waals surface area contributed by atoms with E-state index in [1.807, 2.05) is 19.1 Å². The van der Waals surface area contributed by atoms with Crippen molar-refractivity contribution in [3.8, 4) is 0 Å². The maximum atomic E-state index is 12.2. The van der Waals surface area contributed by atoms with E-state index in [2.05, 4.69) is 30.1 Å². The van der Waals surface area contributed by atoms with Crippen LogP contribution in [0.5, 0.6) is 0 Å². The van der Waals surface area contributed by atoms with Crippen LogP contribution in [0.2, 0.25) is 0 Å². The summed E-state index contributed by atoms with van der Waals surface area (Å²) < 4.78 is 0.849. The number of aryl methyl sites for hydroxylation is 1. The molecule has 120 valence electrons. The van der Waals surface area contributed by atoms with Gasteiger partial charge in [-0.3, -0.25) is 4.79 Å². The minimum Gasteiger partial charge on any atom is -0.358 e. The van der Waals surface area contributed by atoms with E-state index < -0.39 is 0 Å². The molecule has 3 nitrogen and oxygen atoms in total. The summed E-state index contributed by atoms with van der Waals surface area (Å²) in [6.45, 7) is 8.37. The van der Waals surface area contributed by atoms with Gasteiger partial charge in [0.1, 0.15) is 4.32 Å². The molecule has 1 N–H and O–H groups in total. The summed E-state index contributed by atoms with van der Waals surface area (Å²) in [5, 5.41) is 3.07. The van der Waals surface area contributed by atoms with E-state index in [4.69, 9.17) is 12.2 Å². The molecule has 1 heterocycles. The zero-order valence-electron chi connectivity index (χ0n) is 13.5. The maximum Gasteiger partial charge on any atom is 0.234 e. The first kappa shape index (κ1) is 17.3. The van der Waals surface area contributed by atoms with Crippen LogP contribution in [0, 0.1) is 6.92 Å². The van der Waals surface area contributed by atoms with Crippen molar-refractivity contribution in [2.24, 2.45) is 0 Å². The number of carbonyl (C=O) groups excluding carboxylic acids is 1. The van der Waals surface area contributed by atoms with Gasteiger partial charge in [-0.2, -0.15) is 0 Å². The number of hydrogen-bond acceptors (Lipinski definition) is 3. The molecule has 0 atom stereocenters. The molecule has 0 radical (unpaired) electrons. The summed E-state index contributed by atoms with van der Waals surface area (Å²) in [5.74, 6) is 0.776. The van der Waals surface area contributed by atoms with E-state index >= 15 is 0 Å². The van der Waals surface area contributed by atoms with Gasteiger partial charge in [-0.25, -0.2) is 0 Å². The molecule has 0 unspecified atom stereocenters. The van der Waals surface area contributed by atoms with Gasteiger partial charge in [0.25, 0.3) is 0 Å². The summed E-state index contributed by atoms with van der Waals surface area (Å²) in [6.07, 6.45) is 2.40. The summed E-state index contributed by atoms with van der Waals surface area (Å²) >= 11 is 6.87. The monoisotopic (exact) mass is 336 g/mol. The predicted octanol–water partition coefficient (Wildman–Crippen LogP) is 4.17. The van der Waals surface area contributed by atoms with E-state index in [1.165, 1.54) is 30.2 Å². The van der Waals surface area contributed by atoms with Crippen molar-refractivity contribution in [2.45, 2.75) is 39.5 Å². The molecular formula is C17H24N2OS2. The van der Waals surface area contributed by atoms with E-state index in [0.29, 0.717) is 11.7 Å². The third kappa shape index (κ3) is 4.46. The van der Waals surface area contributed by atoms with E-state index in [-0.39, 0.29) is 5.91 Å². The topological polar surface area (TPSA) is 32.3 Å². The highest BCUT2D eigenvalue weighted by Gasteiger charge is 2.17. The lowest BCUT2D eigenvalue weighted by molar-refractivity contribution is -0.113. The van der Waals surface area contributed by atoms with Crippen molar-refractivity contribution >= 4 is 39.9 Å². The molecule has 0 spiro atoms. The average molecular weight is 337 g/mol. The second-order valence-corrected chi connectivity index (χ2v) is 7.60. The number of benzene rings is 1. The van der Waals surface area contributed by atoms with E-state index in [0.717, 1.165) is 28.7 Å². The van der Waals surface area contributed by atoms with Gasteiger partial charge >= 0.3 is 0 Å². The van der Waals surface area contributed by atoms with Crippen molar-refractivity contribution in [2.75, 3.05) is 24.2 Å². The van der Waals surface area contributed by atoms with Crippen molar-refractivity contribution in [1.29, 1.82) is 0 Å². The second-order valence-electron chi connectivity index (χ2n) is 5.99. The molecular weight excluding hydrogens is 312 g/mol. The van der Waals surface area contributed by atoms with Crippen molar-refractivity contribution < 1.29 is 4.79 Å². The number of para-hydroxylation sites is 1. The zero-order valence-corrected chi connectivity index (χ0v) is 15.1. The molecule has 1 aliphatic heterocycles. The fraction of sp³-hybridized carbons (Fsp3) is 0.529. The molecule has 0 aromatic heterocycles. The normalized spacial score (nSPS) is 14.5. The number of amides is 1. The Hall–Kier alpha value is -1.07. The summed E-state index contributed by atoms with van der Waals surface area (Å²) in [4.78, 5) is 14.4. The van der Waals surface area contributed by atoms with Gasteiger partial charge in [0.2, 0.25) is 5.91 Å². The van der Waals surface area contributed by atoms with Gasteiger partial charge in [-0.15, -0.1) is 0 Å². The quantitative estimate of drug-likeness (QED) is 0.837. The van der Waals surface area contributed by atoms with Gasteiger partial charge in [0.15, 0.2) is 0 Å². The third-order valence-electron chi connectivity index (χ3n) is 3.88. The molecule has 0 saturated carbocycles. The van der Waals surface area contributed by atoms with Gasteiger partial charge < -0.3 is 10.2 Å². The van der Waals surface area contributed by atoms with Crippen LogP contribution in [0.25, 0.3) is 0 Å². The molecule has 1 aliphatic rings. The van der Waals surface area contributed by atoms with E-state index in [9.17, 15) is 4.79 Å². The lowest BCUT2D eigenvalue weighted by atomic mass is 9.98. The molecule has 1 amide bonds. The second kappa shape index (κ2) is 7.97. The summed E-state index contributed by atoms with van der Waals surface area (Å²) in [7, 11) is 0. The Kier molecular flexibility index (Phi) is 6.26. The number of thioether (sulfide) groups is 1. The number of nitrogens with one attached hydrogen (secondary N) is 1. The van der Waals surface area contributed by atoms with Crippen LogP contribution >= 0.6 is 24.0 Å². The number of hydrogen-bond donors (Lipinski definition) is 1. The number of thiocarbonyl (C=S) groups is 1. The molecule has 1 fully saturated rings. The molecule has 1 aromatic carbocycles. The van der Waals surface area contributed by atoms with Crippen LogP contribution < -0.4 is 5.32 Å². The largest absolute Gasteiger partial charge is 0.358 e. The summed E-state index contributed by atoms with van der Waals surface area (Å²) in [5.41, 5.74) is 3.24. The zero-order chi connectivity index (χ0) is 16.1. The minimum atomic E-state index is 0.0164. The first-order valence-corrected chi connectivity index (χ1v) is 9.19. The Labute approximate surface area is 142 Å². The fourth-order valence-corrected chi connectivity index (χ4v) is 3.69. The Morgan fingerprint density at radius 1 is 1.36 bits per heavy atom. The fourth-order valence-electron chi connectivity index (χ4n) is 2.64. The molecule has 22 heavy (non-hydrogen) atoms. The predicted molar refractivity (Wildman–Crippen MR) is 99.8 cm³/mol. The van der Waals surface area contributed by atoms with Crippen molar-refractivity contribution in [1.82, 2.24) is 4.90 Å². The van der Waals surface area contributed by atoms with Crippen LogP contribution in [0.1, 0.15) is 43.7 Å². The Balaban J connectivity index is 1.93. The molecule has 0 aliphatic carbocycles. The first-order chi connectivity index (χ1) is 10.5. The Morgan fingerprint density at radius 2 is 2.05 bits per heavy atom. The lowest BCUT2D eigenvalue weighted by Crippen LogP contribution is -2.25. The smallest absolute Gasteiger partial charge is 0.234 e. The van der Waals surface area contributed by atoms with Crippen LogP contribution in [0.4, 0.5) is 5.69 Å². The highest BCUT2D eigenvalue weighted by molar-refractivity contribution is 8.23. The highest BCUT2D eigenvalue weighted by atomic mass is 32.2. The van der Waals surface area contributed by atoms with Crippen molar-refractivity contribution in [3.63, 3.8) is 0 Å². The Bertz CT molecular complexity index is 552. The highest BCUT2D eigenvalue weighted by Crippen LogP contribution is 2.27. The van der Waals surface area contributed by atoms with E-state index in [1.54, 1.807) is 0 Å². The molecule has 2 rings (SSSR count). The van der Waals surface area contributed by atoms with Gasteiger partial charge in [-0.05, 0) is 36.8 Å². The number of anilines is 1. The Morgan fingerprint density at radius 3 is 2.68 bits per heavy atom. The summed E-state index contributed by atoms with van der Waals surface area (Å²) in [6, 6.07) is 6.15. The van der Waals surface area contributed by atoms with Gasteiger partial charge in [0.05, 0.1) is 5.75 Å². The minimum absolute atomic E-state index is 0.0164. The standard InChI is InChI=1S/C17H24N2OS2/c1-12(2)14-8-6-7-13(3)16(14)18-15(20)11-22-17(21)19-9-4-5-10-19/h6-8,12H,4-5,9-11H2,1-3H3,(H,18,20). The SMILES string of the molecule is Cc1cccc(C(C)C)c1NC(=O)CSC(=S)N1CCCC1. The van der Waals surface area contributed by atoms with Gasteiger partial charge in [0, 0.05) is 18.8 Å². The molecule has 5 heteroatoms. The number of nitrogens with zero attached hydrogens (tertiary/aromatic N) is 1. The average Bonchev–Trinajstić information content (AvgIpc) is 3.01. The van der Waals surface area contributed by atoms with Crippen LogP contribution in [-0.2, 0) is 4.79 Å². The molecule has 1 saturated heterocycles. The molecule has 0 bridgehead atoms. The van der Waals surface area contributed by atoms with Crippen molar-refractivity contribution in [3.05, 3.63) is 29.3 Å². The molecule has 1 aromatic rings. The van der Waals surface area contributed by atoms with Crippen LogP contribution in [-0.4, -0.2) is 34.0 Å². The number of carbonyl (C=O) groups is 1. The van der Waals surface area contributed by atoms with Crippen LogP contribution in [0.3, 0.4) is 0 Å². The number of likely N-dealkylation sites (tertiary alicyclic amines) is 1. The third-order valence-corrected chi connectivity index (χ3v) is 5.41. The van der Waals surface area contributed by atoms with Crippen LogP contribution in [0.15, 0.2) is 18.2 Å². The number of rotatable bonds is 4. The first-order valence-electron chi connectivity index (χ1n) is 7.80. The van der Waals surface area contributed by atoms with Gasteiger partial charge in [-0.1, -0.05) is 56.0 Å².